The third-order valence-electron chi connectivity index (χ3n) is 4.41. The molecule has 1 aromatic carbocycles. The molecule has 3 rings (SSSR count). The van der Waals surface area contributed by atoms with Crippen molar-refractivity contribution in [2.24, 2.45) is 0 Å². The molecule has 0 spiro atoms. The van der Waals surface area contributed by atoms with E-state index in [1.807, 2.05) is 31.2 Å². The Labute approximate surface area is 162 Å². The molecule has 5 nitrogen and oxygen atoms in total. The predicted molar refractivity (Wildman–Crippen MR) is 103 cm³/mol. The second-order valence-electron chi connectivity index (χ2n) is 6.28. The highest BCUT2D eigenvalue weighted by molar-refractivity contribution is 8.00. The Kier molecular flexibility index (Phi) is 6.27. The number of nitrogens with zero attached hydrogens (tertiary/aromatic N) is 1. The lowest BCUT2D eigenvalue weighted by molar-refractivity contribution is -0.121. The minimum atomic E-state index is -0.236. The van der Waals surface area contributed by atoms with E-state index in [1.165, 1.54) is 24.3 Å². The number of hydrogen-bond acceptors (Lipinski definition) is 4. The summed E-state index contributed by atoms with van der Waals surface area (Å²) in [7, 11) is 0. The van der Waals surface area contributed by atoms with Crippen molar-refractivity contribution in [1.29, 1.82) is 0 Å². The van der Waals surface area contributed by atoms with Crippen molar-refractivity contribution >= 4 is 35.2 Å². The maximum atomic E-state index is 12.5. The SMILES string of the molecule is C[C@H](Sc1ccccc1Cl)C(=O)NC1CCN(C(=O)c2ccoc2)CC1. The van der Waals surface area contributed by atoms with E-state index >= 15 is 0 Å². The third-order valence-corrected chi connectivity index (χ3v) is 6.03. The van der Waals surface area contributed by atoms with E-state index in [4.69, 9.17) is 16.0 Å². The summed E-state index contributed by atoms with van der Waals surface area (Å²) in [4.78, 5) is 27.5. The molecule has 0 bridgehead atoms. The standard InChI is InChI=1S/C19H21ClN2O3S/c1-13(26-17-5-3-2-4-16(17)20)18(23)21-15-6-9-22(10-7-15)19(24)14-8-11-25-12-14/h2-5,8,11-13,15H,6-7,9-10H2,1H3,(H,21,23)/t13-/m0/s1. The van der Waals surface area contributed by atoms with Gasteiger partial charge in [0, 0.05) is 24.0 Å². The molecule has 1 fully saturated rings. The first-order chi connectivity index (χ1) is 12.5. The first-order valence-corrected chi connectivity index (χ1v) is 9.83. The van der Waals surface area contributed by atoms with Crippen LogP contribution in [0, 0.1) is 0 Å². The number of rotatable bonds is 5. The van der Waals surface area contributed by atoms with Gasteiger partial charge in [-0.25, -0.2) is 0 Å². The quantitative estimate of drug-likeness (QED) is 0.785. The van der Waals surface area contributed by atoms with Crippen LogP contribution in [0.2, 0.25) is 5.02 Å². The number of carbonyl (C=O) groups is 2. The molecule has 1 atom stereocenters. The van der Waals surface area contributed by atoms with Gasteiger partial charge in [-0.3, -0.25) is 9.59 Å². The minimum Gasteiger partial charge on any atom is -0.472 e. The number of furan rings is 1. The van der Waals surface area contributed by atoms with Gasteiger partial charge in [0.2, 0.25) is 5.91 Å². The van der Waals surface area contributed by atoms with Crippen LogP contribution in [0.15, 0.2) is 52.2 Å². The van der Waals surface area contributed by atoms with Crippen molar-refractivity contribution in [3.63, 3.8) is 0 Å². The highest BCUT2D eigenvalue weighted by Crippen LogP contribution is 2.30. The number of piperidine rings is 1. The summed E-state index contributed by atoms with van der Waals surface area (Å²) in [5.41, 5.74) is 0.567. The van der Waals surface area contributed by atoms with Gasteiger partial charge in [0.15, 0.2) is 0 Å². The van der Waals surface area contributed by atoms with Crippen LogP contribution in [0.4, 0.5) is 0 Å². The third kappa shape index (κ3) is 4.62. The highest BCUT2D eigenvalue weighted by atomic mass is 35.5. The summed E-state index contributed by atoms with van der Waals surface area (Å²) in [5, 5.41) is 3.51. The molecule has 2 heterocycles. The van der Waals surface area contributed by atoms with Crippen molar-refractivity contribution in [2.75, 3.05) is 13.1 Å². The molecular formula is C19H21ClN2O3S. The Morgan fingerprint density at radius 2 is 2.00 bits per heavy atom. The van der Waals surface area contributed by atoms with E-state index in [0.717, 1.165) is 17.7 Å². The number of likely N-dealkylation sites (tertiary alicyclic amines) is 1. The number of carbonyl (C=O) groups excluding carboxylic acids is 2. The van der Waals surface area contributed by atoms with Gasteiger partial charge < -0.3 is 14.6 Å². The van der Waals surface area contributed by atoms with Gasteiger partial charge in [-0.2, -0.15) is 0 Å². The average molecular weight is 393 g/mol. The topological polar surface area (TPSA) is 62.6 Å². The van der Waals surface area contributed by atoms with Crippen molar-refractivity contribution in [3.05, 3.63) is 53.4 Å². The molecule has 1 saturated heterocycles. The molecule has 1 aromatic heterocycles. The van der Waals surface area contributed by atoms with Crippen molar-refractivity contribution in [3.8, 4) is 0 Å². The first-order valence-electron chi connectivity index (χ1n) is 8.57. The van der Waals surface area contributed by atoms with E-state index in [0.29, 0.717) is 23.7 Å². The maximum Gasteiger partial charge on any atom is 0.257 e. The van der Waals surface area contributed by atoms with Crippen molar-refractivity contribution in [1.82, 2.24) is 10.2 Å². The Morgan fingerprint density at radius 1 is 1.27 bits per heavy atom. The zero-order valence-electron chi connectivity index (χ0n) is 14.5. The molecule has 138 valence electrons. The number of halogens is 1. The van der Waals surface area contributed by atoms with Crippen LogP contribution in [0.3, 0.4) is 0 Å². The summed E-state index contributed by atoms with van der Waals surface area (Å²) in [6.45, 7) is 3.13. The molecule has 7 heteroatoms. The Bertz CT molecular complexity index is 758. The summed E-state index contributed by atoms with van der Waals surface area (Å²) >= 11 is 7.61. The Morgan fingerprint density at radius 3 is 2.65 bits per heavy atom. The predicted octanol–water partition coefficient (Wildman–Crippen LogP) is 3.83. The van der Waals surface area contributed by atoms with Gasteiger partial charge in [0.25, 0.3) is 5.91 Å². The molecule has 26 heavy (non-hydrogen) atoms. The summed E-state index contributed by atoms with van der Waals surface area (Å²) in [6, 6.07) is 9.27. The van der Waals surface area contributed by atoms with Crippen molar-refractivity contribution in [2.45, 2.75) is 36.0 Å². The van der Waals surface area contributed by atoms with E-state index in [2.05, 4.69) is 5.32 Å². The largest absolute Gasteiger partial charge is 0.472 e. The lowest BCUT2D eigenvalue weighted by Crippen LogP contribution is -2.48. The van der Waals surface area contributed by atoms with Crippen LogP contribution in [0.25, 0.3) is 0 Å². The van der Waals surface area contributed by atoms with E-state index < -0.39 is 0 Å². The summed E-state index contributed by atoms with van der Waals surface area (Å²) in [6.07, 6.45) is 4.46. The molecule has 2 amide bonds. The first kappa shape index (κ1) is 18.9. The lowest BCUT2D eigenvalue weighted by Gasteiger charge is -2.32. The molecule has 0 unspecified atom stereocenters. The second kappa shape index (κ2) is 8.64. The molecule has 1 aliphatic rings. The highest BCUT2D eigenvalue weighted by Gasteiger charge is 2.26. The fourth-order valence-corrected chi connectivity index (χ4v) is 4.06. The van der Waals surface area contributed by atoms with Gasteiger partial charge >= 0.3 is 0 Å². The fourth-order valence-electron chi connectivity index (χ4n) is 2.90. The molecule has 2 aromatic rings. The minimum absolute atomic E-state index is 0.00506. The smallest absolute Gasteiger partial charge is 0.257 e. The van der Waals surface area contributed by atoms with Crippen LogP contribution in [-0.2, 0) is 4.79 Å². The molecule has 1 N–H and O–H groups in total. The number of nitrogens with one attached hydrogen (secondary N) is 1. The lowest BCUT2D eigenvalue weighted by atomic mass is 10.0. The fraction of sp³-hybridized carbons (Fsp3) is 0.368. The summed E-state index contributed by atoms with van der Waals surface area (Å²) in [5.74, 6) is -0.0271. The number of benzene rings is 1. The van der Waals surface area contributed by atoms with E-state index in [1.54, 1.807) is 11.0 Å². The number of amides is 2. The zero-order valence-corrected chi connectivity index (χ0v) is 16.1. The Hall–Kier alpha value is -1.92. The monoisotopic (exact) mass is 392 g/mol. The van der Waals surface area contributed by atoms with Gasteiger partial charge in [0.05, 0.1) is 22.1 Å². The van der Waals surface area contributed by atoms with Crippen LogP contribution >= 0.6 is 23.4 Å². The van der Waals surface area contributed by atoms with E-state index in [9.17, 15) is 9.59 Å². The van der Waals surface area contributed by atoms with Crippen LogP contribution < -0.4 is 5.32 Å². The van der Waals surface area contributed by atoms with Crippen molar-refractivity contribution < 1.29 is 14.0 Å². The van der Waals surface area contributed by atoms with Crippen LogP contribution in [0.5, 0.6) is 0 Å². The van der Waals surface area contributed by atoms with Gasteiger partial charge in [-0.05, 0) is 38.0 Å². The molecule has 1 aliphatic heterocycles. The van der Waals surface area contributed by atoms with Crippen LogP contribution in [0.1, 0.15) is 30.1 Å². The number of thioether (sulfide) groups is 1. The van der Waals surface area contributed by atoms with Gasteiger partial charge in [-0.15, -0.1) is 11.8 Å². The zero-order chi connectivity index (χ0) is 18.5. The average Bonchev–Trinajstić information content (AvgIpc) is 3.18. The molecule has 0 radical (unpaired) electrons. The van der Waals surface area contributed by atoms with Crippen LogP contribution in [-0.4, -0.2) is 41.1 Å². The molecule has 0 saturated carbocycles. The maximum absolute atomic E-state index is 12.5. The number of hydrogen-bond donors (Lipinski definition) is 1. The van der Waals surface area contributed by atoms with E-state index in [-0.39, 0.29) is 23.1 Å². The van der Waals surface area contributed by atoms with Gasteiger partial charge in [-0.1, -0.05) is 23.7 Å². The molecule has 0 aliphatic carbocycles. The second-order valence-corrected chi connectivity index (χ2v) is 8.07. The van der Waals surface area contributed by atoms with Gasteiger partial charge in [0.1, 0.15) is 6.26 Å². The summed E-state index contributed by atoms with van der Waals surface area (Å²) < 4.78 is 4.97. The normalized spacial score (nSPS) is 16.3. The Balaban J connectivity index is 1.47. The molecular weight excluding hydrogens is 372 g/mol.